The van der Waals surface area contributed by atoms with E-state index in [9.17, 15) is 4.79 Å². The minimum atomic E-state index is -0.0618. The Labute approximate surface area is 144 Å². The molecule has 0 spiro atoms. The van der Waals surface area contributed by atoms with Gasteiger partial charge in [0.15, 0.2) is 0 Å². The number of likely N-dealkylation sites (tertiary alicyclic amines) is 1. The molecule has 3 aromatic rings. The van der Waals surface area contributed by atoms with E-state index in [1.165, 1.54) is 0 Å². The topological polar surface area (TPSA) is 105 Å². The predicted octanol–water partition coefficient (Wildman–Crippen LogP) is 1.21. The lowest BCUT2D eigenvalue weighted by Crippen LogP contribution is -2.31. The Balaban J connectivity index is 1.46. The molecule has 1 N–H and O–H groups in total. The molecule has 0 aromatic carbocycles. The number of carbonyl (C=O) groups is 1. The van der Waals surface area contributed by atoms with Crippen molar-refractivity contribution in [3.63, 3.8) is 0 Å². The smallest absolute Gasteiger partial charge is 0.224 e. The maximum atomic E-state index is 12.6. The highest BCUT2D eigenvalue weighted by Gasteiger charge is 2.32. The first kappa shape index (κ1) is 15.4. The van der Waals surface area contributed by atoms with Crippen LogP contribution < -0.4 is 0 Å². The number of H-pyrrole nitrogens is 1. The van der Waals surface area contributed by atoms with Gasteiger partial charge in [0.2, 0.25) is 11.7 Å². The highest BCUT2D eigenvalue weighted by Crippen LogP contribution is 2.31. The zero-order chi connectivity index (χ0) is 17.1. The lowest BCUT2D eigenvalue weighted by molar-refractivity contribution is -0.132. The third-order valence-corrected chi connectivity index (χ3v) is 4.33. The van der Waals surface area contributed by atoms with Crippen LogP contribution in [0.25, 0.3) is 11.5 Å². The maximum absolute atomic E-state index is 12.6. The largest absolute Gasteiger partial charge is 0.337 e. The molecule has 9 heteroatoms. The van der Waals surface area contributed by atoms with Crippen molar-refractivity contribution in [3.8, 4) is 11.5 Å². The fraction of sp³-hybridized carbons (Fsp3) is 0.375. The van der Waals surface area contributed by atoms with Crippen molar-refractivity contribution >= 4 is 5.91 Å². The molecule has 1 saturated heterocycles. The van der Waals surface area contributed by atoms with Crippen molar-refractivity contribution in [3.05, 3.63) is 43.1 Å². The van der Waals surface area contributed by atoms with E-state index in [1.807, 2.05) is 15.7 Å². The van der Waals surface area contributed by atoms with Crippen molar-refractivity contribution in [2.75, 3.05) is 6.54 Å². The zero-order valence-electron chi connectivity index (χ0n) is 13.6. The van der Waals surface area contributed by atoms with E-state index in [2.05, 4.69) is 30.1 Å². The Morgan fingerprint density at radius 3 is 3.04 bits per heavy atom. The van der Waals surface area contributed by atoms with Crippen LogP contribution >= 0.6 is 0 Å². The second-order valence-corrected chi connectivity index (χ2v) is 5.93. The summed E-state index contributed by atoms with van der Waals surface area (Å²) in [6, 6.07) is -0.0618. The van der Waals surface area contributed by atoms with Crippen LogP contribution in [0, 0.1) is 0 Å². The number of aryl methyl sites for hydroxylation is 1. The molecule has 4 rings (SSSR count). The van der Waals surface area contributed by atoms with Crippen LogP contribution in [0.1, 0.15) is 31.1 Å². The third kappa shape index (κ3) is 3.25. The molecule has 1 unspecified atom stereocenters. The number of nitrogens with one attached hydrogen (secondary N) is 1. The Hall–Kier alpha value is -3.10. The molecule has 0 aliphatic carbocycles. The van der Waals surface area contributed by atoms with Crippen molar-refractivity contribution in [1.82, 2.24) is 39.6 Å². The van der Waals surface area contributed by atoms with Crippen LogP contribution in [0.4, 0.5) is 0 Å². The molecule has 3 aromatic heterocycles. The van der Waals surface area contributed by atoms with Gasteiger partial charge < -0.3 is 9.47 Å². The Kier molecular flexibility index (Phi) is 4.19. The predicted molar refractivity (Wildman–Crippen MR) is 87.9 cm³/mol. The molecule has 9 nitrogen and oxygen atoms in total. The lowest BCUT2D eigenvalue weighted by atomic mass is 10.2. The Bertz CT molecular complexity index is 829. The summed E-state index contributed by atoms with van der Waals surface area (Å²) < 4.78 is 1.91. The van der Waals surface area contributed by atoms with Gasteiger partial charge in [-0.1, -0.05) is 0 Å². The average molecular weight is 338 g/mol. The van der Waals surface area contributed by atoms with Gasteiger partial charge in [-0.15, -0.1) is 0 Å². The summed E-state index contributed by atoms with van der Waals surface area (Å²) in [6.45, 7) is 1.37. The molecular weight excluding hydrogens is 320 g/mol. The number of aromatic nitrogens is 7. The fourth-order valence-corrected chi connectivity index (χ4v) is 3.09. The normalized spacial score (nSPS) is 17.1. The number of amides is 1. The summed E-state index contributed by atoms with van der Waals surface area (Å²) in [5.41, 5.74) is 0.612. The van der Waals surface area contributed by atoms with E-state index in [-0.39, 0.29) is 11.9 Å². The van der Waals surface area contributed by atoms with Crippen LogP contribution in [0.3, 0.4) is 0 Å². The van der Waals surface area contributed by atoms with Crippen LogP contribution in [0.2, 0.25) is 0 Å². The van der Waals surface area contributed by atoms with Gasteiger partial charge in [0.1, 0.15) is 11.5 Å². The number of rotatable bonds is 5. The molecule has 128 valence electrons. The van der Waals surface area contributed by atoms with Crippen LogP contribution in [-0.2, 0) is 11.3 Å². The van der Waals surface area contributed by atoms with Gasteiger partial charge in [0, 0.05) is 44.3 Å². The maximum Gasteiger partial charge on any atom is 0.224 e. The first-order chi connectivity index (χ1) is 12.3. The highest BCUT2D eigenvalue weighted by atomic mass is 16.2. The van der Waals surface area contributed by atoms with Gasteiger partial charge >= 0.3 is 0 Å². The van der Waals surface area contributed by atoms with Crippen LogP contribution in [-0.4, -0.2) is 52.1 Å². The lowest BCUT2D eigenvalue weighted by Gasteiger charge is -2.23. The first-order valence-electron chi connectivity index (χ1n) is 8.25. The summed E-state index contributed by atoms with van der Waals surface area (Å²) in [4.78, 5) is 31.3. The van der Waals surface area contributed by atoms with Gasteiger partial charge in [-0.2, -0.15) is 5.10 Å². The van der Waals surface area contributed by atoms with Crippen LogP contribution in [0.5, 0.6) is 0 Å². The SMILES string of the molecule is O=C(CCn1ccnc1)N1CCCC1c1nc(-c2cnccn2)n[nH]1. The number of carbonyl (C=O) groups excluding carboxylic acids is 1. The standard InChI is InChI=1S/C16H18N8O/c25-14(3-8-23-9-6-18-11-23)24-7-1-2-13(24)16-20-15(21-22-16)12-10-17-4-5-19-12/h4-6,9-11,13H,1-3,7-8H2,(H,20,21,22). The van der Waals surface area contributed by atoms with Gasteiger partial charge in [-0.25, -0.2) is 15.0 Å². The number of imidazole rings is 1. The molecular formula is C16H18N8O. The summed E-state index contributed by atoms with van der Waals surface area (Å²) in [5.74, 6) is 1.32. The van der Waals surface area contributed by atoms with Crippen molar-refractivity contribution in [1.29, 1.82) is 0 Å². The van der Waals surface area contributed by atoms with Crippen LogP contribution in [0.15, 0.2) is 37.3 Å². The number of aromatic amines is 1. The summed E-state index contributed by atoms with van der Waals surface area (Å²) in [5, 5.41) is 7.19. The summed E-state index contributed by atoms with van der Waals surface area (Å²) >= 11 is 0. The van der Waals surface area contributed by atoms with E-state index in [0.717, 1.165) is 19.4 Å². The molecule has 25 heavy (non-hydrogen) atoms. The number of hydrogen-bond donors (Lipinski definition) is 1. The van der Waals surface area contributed by atoms with E-state index in [4.69, 9.17) is 0 Å². The summed E-state index contributed by atoms with van der Waals surface area (Å²) in [6.07, 6.45) is 12.4. The minimum absolute atomic E-state index is 0.0618. The van der Waals surface area contributed by atoms with Gasteiger partial charge in [0.05, 0.1) is 18.6 Å². The van der Waals surface area contributed by atoms with Gasteiger partial charge in [0.25, 0.3) is 0 Å². The highest BCUT2D eigenvalue weighted by molar-refractivity contribution is 5.76. The molecule has 0 bridgehead atoms. The van der Waals surface area contributed by atoms with E-state index >= 15 is 0 Å². The average Bonchev–Trinajstić information content (AvgIpc) is 3.41. The molecule has 0 radical (unpaired) electrons. The number of nitrogens with zero attached hydrogens (tertiary/aromatic N) is 7. The van der Waals surface area contributed by atoms with Crippen molar-refractivity contribution in [2.45, 2.75) is 31.8 Å². The zero-order valence-corrected chi connectivity index (χ0v) is 13.6. The van der Waals surface area contributed by atoms with Gasteiger partial charge in [-0.3, -0.25) is 14.9 Å². The molecule has 4 heterocycles. The third-order valence-electron chi connectivity index (χ3n) is 4.33. The van der Waals surface area contributed by atoms with Gasteiger partial charge in [-0.05, 0) is 12.8 Å². The van der Waals surface area contributed by atoms with Crippen molar-refractivity contribution < 1.29 is 4.79 Å². The van der Waals surface area contributed by atoms with E-state index in [0.29, 0.717) is 30.3 Å². The molecule has 1 aliphatic rings. The van der Waals surface area contributed by atoms with E-state index in [1.54, 1.807) is 31.1 Å². The Morgan fingerprint density at radius 2 is 2.24 bits per heavy atom. The minimum Gasteiger partial charge on any atom is -0.337 e. The molecule has 1 fully saturated rings. The molecule has 0 saturated carbocycles. The summed E-state index contributed by atoms with van der Waals surface area (Å²) in [7, 11) is 0. The monoisotopic (exact) mass is 338 g/mol. The number of hydrogen-bond acceptors (Lipinski definition) is 6. The molecule has 1 amide bonds. The molecule has 1 aliphatic heterocycles. The van der Waals surface area contributed by atoms with Crippen molar-refractivity contribution in [2.24, 2.45) is 0 Å². The quantitative estimate of drug-likeness (QED) is 0.749. The molecule has 1 atom stereocenters. The second-order valence-electron chi connectivity index (χ2n) is 5.93. The first-order valence-corrected chi connectivity index (χ1v) is 8.25. The van der Waals surface area contributed by atoms with E-state index < -0.39 is 0 Å². The fourth-order valence-electron chi connectivity index (χ4n) is 3.09. The second kappa shape index (κ2) is 6.80. The Morgan fingerprint density at radius 1 is 1.28 bits per heavy atom.